The zero-order valence-electron chi connectivity index (χ0n) is 70.9. The zero-order chi connectivity index (χ0) is 92.4. The largest absolute Gasteiger partial charge is 0.444 e. The van der Waals surface area contributed by atoms with E-state index in [-0.39, 0.29) is 54.8 Å². The lowest BCUT2D eigenvalue weighted by atomic mass is 10.0. The number of hydrogen-bond acceptors (Lipinski definition) is 24. The molecule has 0 aliphatic carbocycles. The maximum absolute atomic E-state index is 13.7. The second-order valence-electron chi connectivity index (χ2n) is 30.5. The maximum Gasteiger partial charge on any atom is 0.408 e. The number of amides is 9. The topological polar surface area (TPSA) is 370 Å². The van der Waals surface area contributed by atoms with E-state index in [9.17, 15) is 55.1 Å². The number of carbonyl (C=O) groups excluding carboxylic acids is 6. The molecule has 3 fully saturated rings. The monoisotopic (exact) mass is 1810 g/mol. The number of terminal acetylenes is 1. The summed E-state index contributed by atoms with van der Waals surface area (Å²) in [6, 6.07) is 14.0. The summed E-state index contributed by atoms with van der Waals surface area (Å²) in [5, 5.41) is 27.6. The van der Waals surface area contributed by atoms with Gasteiger partial charge in [-0.25, -0.2) is 110 Å². The fraction of sp³-hybridized carbons (Fsp3) is 0.400. The van der Waals surface area contributed by atoms with E-state index in [1.165, 1.54) is 63.8 Å². The minimum absolute atomic E-state index is 0.108. The van der Waals surface area contributed by atoms with E-state index in [1.54, 1.807) is 132 Å². The Morgan fingerprint density at radius 2 is 0.756 bits per heavy atom. The summed E-state index contributed by atoms with van der Waals surface area (Å²) < 4.78 is 96.6. The van der Waals surface area contributed by atoms with E-state index >= 15 is 0 Å². The SMILES string of the molecule is C#CCNC(=O)OC(C)(C)C.CC(C)(C)OC(=O)NCC#Cc1ccnc(Cl)n1.CC(C)(C)OC(=O)NCC#Cc1ccnc(N2CCN(C(=O)N3N=CCC3c3cc(F)cc(F)c3)CC2)n1.Clc1ccnc(Cl)n1.NCC#Cc1ccnc(N2CCN(C(=O)N3N=CCC3c3cc(F)cc(F)c3)CC2)n1.O=C(N1CCNCC1)N1N=CCC1c1cc(F)cc(F)c1. The third-order valence-electron chi connectivity index (χ3n) is 17.4. The van der Waals surface area contributed by atoms with Crippen molar-refractivity contribution in [3.63, 3.8) is 0 Å². The number of aromatic nitrogens is 8. The lowest BCUT2D eigenvalue weighted by molar-refractivity contribution is 0.0523. The molecule has 10 heterocycles. The summed E-state index contributed by atoms with van der Waals surface area (Å²) in [6.07, 6.45) is 15.7. The van der Waals surface area contributed by atoms with Crippen LogP contribution >= 0.6 is 34.8 Å². The summed E-state index contributed by atoms with van der Waals surface area (Å²) in [5.74, 6) is 16.1. The Balaban J connectivity index is 0.000000201. The van der Waals surface area contributed by atoms with E-state index in [4.69, 9.17) is 61.2 Å². The van der Waals surface area contributed by atoms with Gasteiger partial charge in [-0.05, 0) is 181 Å². The lowest BCUT2D eigenvalue weighted by Gasteiger charge is -2.37. The molecule has 6 aliphatic heterocycles. The first-order valence-corrected chi connectivity index (χ1v) is 40.7. The van der Waals surface area contributed by atoms with Gasteiger partial charge in [0.05, 0.1) is 44.3 Å². The van der Waals surface area contributed by atoms with Crippen LogP contribution in [-0.2, 0) is 14.2 Å². The van der Waals surface area contributed by atoms with Crippen molar-refractivity contribution in [3.8, 4) is 47.9 Å². The first-order valence-electron chi connectivity index (χ1n) is 39.6. The van der Waals surface area contributed by atoms with E-state index < -0.39 is 88.1 Å². The number of piperazine rings is 3. The highest BCUT2D eigenvalue weighted by atomic mass is 35.5. The number of halogens is 9. The van der Waals surface area contributed by atoms with Crippen molar-refractivity contribution in [2.75, 3.05) is 115 Å². The van der Waals surface area contributed by atoms with Gasteiger partial charge in [0, 0.05) is 159 Å². The molecular formula is C85H95Cl3F6N24O9. The summed E-state index contributed by atoms with van der Waals surface area (Å²) in [5.41, 5.74) is 6.59. The number of carbonyl (C=O) groups is 6. The van der Waals surface area contributed by atoms with E-state index in [1.807, 2.05) is 9.80 Å². The van der Waals surface area contributed by atoms with Crippen LogP contribution in [0.2, 0.25) is 15.7 Å². The Morgan fingerprint density at radius 1 is 0.441 bits per heavy atom. The quantitative estimate of drug-likeness (QED) is 0.0310. The first kappa shape index (κ1) is 99.2. The van der Waals surface area contributed by atoms with Crippen LogP contribution in [0.15, 0.2) is 119 Å². The van der Waals surface area contributed by atoms with Gasteiger partial charge in [0.2, 0.25) is 22.5 Å². The number of hydrogen-bond donors (Lipinski definition) is 5. The van der Waals surface area contributed by atoms with Crippen molar-refractivity contribution in [2.24, 2.45) is 21.0 Å². The molecule has 6 N–H and O–H groups in total. The van der Waals surface area contributed by atoms with Gasteiger partial charge in [-0.15, -0.1) is 6.42 Å². The molecule has 127 heavy (non-hydrogen) atoms. The molecule has 6 aliphatic rings. The minimum Gasteiger partial charge on any atom is -0.444 e. The van der Waals surface area contributed by atoms with E-state index in [0.29, 0.717) is 136 Å². The summed E-state index contributed by atoms with van der Waals surface area (Å²) in [6.45, 7) is 23.3. The molecule has 3 saturated heterocycles. The number of rotatable bonds is 8. The van der Waals surface area contributed by atoms with Gasteiger partial charge in [-0.1, -0.05) is 35.3 Å². The fourth-order valence-electron chi connectivity index (χ4n) is 12.0. The second kappa shape index (κ2) is 48.3. The summed E-state index contributed by atoms with van der Waals surface area (Å²) in [4.78, 5) is 114. The number of alkyl carbamates (subject to hydrolysis) is 3. The number of benzene rings is 3. The van der Waals surface area contributed by atoms with Crippen LogP contribution in [0.25, 0.3) is 0 Å². The molecule has 42 heteroatoms. The third kappa shape index (κ3) is 34.0. The Morgan fingerprint density at radius 3 is 1.07 bits per heavy atom. The highest BCUT2D eigenvalue weighted by Crippen LogP contribution is 2.34. The number of nitrogens with zero attached hydrogens (tertiary/aromatic N) is 19. The van der Waals surface area contributed by atoms with Gasteiger partial charge >= 0.3 is 36.4 Å². The average molecular weight is 1820 g/mol. The van der Waals surface area contributed by atoms with Crippen LogP contribution < -0.4 is 36.8 Å². The summed E-state index contributed by atoms with van der Waals surface area (Å²) >= 11 is 16.3. The van der Waals surface area contributed by atoms with Crippen molar-refractivity contribution in [1.29, 1.82) is 0 Å². The van der Waals surface area contributed by atoms with E-state index in [0.717, 1.165) is 31.3 Å². The number of ether oxygens (including phenoxy) is 3. The molecule has 672 valence electrons. The molecular weight excluding hydrogens is 1720 g/mol. The molecule has 3 atom stereocenters. The molecule has 0 radical (unpaired) electrons. The molecule has 0 spiro atoms. The molecule has 0 saturated carbocycles. The number of anilines is 2. The summed E-state index contributed by atoms with van der Waals surface area (Å²) in [7, 11) is 0. The van der Waals surface area contributed by atoms with Crippen molar-refractivity contribution in [2.45, 2.75) is 117 Å². The van der Waals surface area contributed by atoms with Crippen LogP contribution in [0.3, 0.4) is 0 Å². The van der Waals surface area contributed by atoms with Crippen molar-refractivity contribution in [1.82, 2.24) is 90.9 Å². The highest BCUT2D eigenvalue weighted by molar-refractivity contribution is 6.31. The normalized spacial score (nSPS) is 16.1. The van der Waals surface area contributed by atoms with Crippen molar-refractivity contribution >= 4 is 102 Å². The average Bonchev–Trinajstić information content (AvgIpc) is 1.72. The molecule has 13 rings (SSSR count). The van der Waals surface area contributed by atoms with Crippen LogP contribution in [0, 0.1) is 82.8 Å². The minimum atomic E-state index is -0.695. The number of nitrogens with one attached hydrogen (secondary N) is 4. The standard InChI is InChI=1S/C26H29F2N7O3.C21H21F2N7O.C14H16F2N4O.C12H14ClN3O2.C8H13NO2.C4H2Cl2N2/c1-26(2,3)38-24(36)30-8-4-5-21-6-9-29-23(32-21)33-11-13-34(14-12-33)25(37)35-22(7-10-31-35)18-15-19(27)17-20(28)16-18;22-16-12-15(13-17(23)14-16)19-4-7-26-30(19)21(31)29-10-8-28(9-11-29)20-25-6-3-18(27-20)2-1-5-24;15-11-7-10(8-12(16)9-11)13-1-2-18-20(13)14(21)19-5-3-17-4-6-19;1-12(2,3)18-11(17)15-7-4-5-9-6-8-14-10(13)16-9;1-5-6-9-7(10)11-8(2,3)4;5-3-1-2-7-4(6)8-3/h6,9-10,15-17,22H,7-8,11-14H2,1-3H3,(H,30,36);3,6-7,12-14,19H,4-5,8-11,24H2;2,7-9,13,17H,1,3-6H2;6,8H,7H2,1-3H3,(H,15,17);1H,6H2,2-4H3,(H,9,10);1-2H. The Bertz CT molecular complexity index is 5220. The fourth-order valence-corrected chi connectivity index (χ4v) is 12.5. The molecule has 0 bridgehead atoms. The van der Waals surface area contributed by atoms with Crippen LogP contribution in [0.5, 0.6) is 0 Å². The van der Waals surface area contributed by atoms with E-state index in [2.05, 4.69) is 118 Å². The second-order valence-corrected chi connectivity index (χ2v) is 31.6. The van der Waals surface area contributed by atoms with Crippen LogP contribution in [0.4, 0.5) is 67.0 Å². The first-order chi connectivity index (χ1) is 60.4. The third-order valence-corrected chi connectivity index (χ3v) is 17.9. The highest BCUT2D eigenvalue weighted by Gasteiger charge is 2.37. The smallest absolute Gasteiger partial charge is 0.408 e. The molecule has 3 unspecified atom stereocenters. The zero-order valence-corrected chi connectivity index (χ0v) is 73.2. The van der Waals surface area contributed by atoms with Crippen molar-refractivity contribution in [3.05, 3.63) is 188 Å². The van der Waals surface area contributed by atoms with Gasteiger partial charge in [0.25, 0.3) is 0 Å². The van der Waals surface area contributed by atoms with Gasteiger partial charge in [0.15, 0.2) is 0 Å². The lowest BCUT2D eigenvalue weighted by Crippen LogP contribution is -2.52. The van der Waals surface area contributed by atoms with Crippen LogP contribution in [-0.4, -0.2) is 246 Å². The predicted molar refractivity (Wildman–Crippen MR) is 465 cm³/mol. The Labute approximate surface area is 746 Å². The number of hydrazone groups is 3. The molecule has 3 aromatic carbocycles. The predicted octanol–water partition coefficient (Wildman–Crippen LogP) is 11.7. The maximum atomic E-state index is 13.7. The molecule has 7 aromatic rings. The molecule has 9 amide bonds. The Kier molecular flexibility index (Phi) is 37.8. The van der Waals surface area contributed by atoms with Crippen LogP contribution in [0.1, 0.15) is 133 Å². The van der Waals surface area contributed by atoms with Gasteiger partial charge < -0.3 is 65.7 Å². The number of nitrogens with two attached hydrogens (primary N) is 1. The van der Waals surface area contributed by atoms with Gasteiger partial charge in [-0.3, -0.25) is 0 Å². The Hall–Kier alpha value is -13.2. The molecule has 4 aromatic heterocycles. The molecule has 33 nitrogen and oxygen atoms in total. The van der Waals surface area contributed by atoms with Crippen molar-refractivity contribution < 1.29 is 69.3 Å². The van der Waals surface area contributed by atoms with Gasteiger partial charge in [0.1, 0.15) is 73.9 Å². The number of urea groups is 3. The van der Waals surface area contributed by atoms with Gasteiger partial charge in [-0.2, -0.15) is 15.3 Å².